The van der Waals surface area contributed by atoms with Gasteiger partial charge in [-0.2, -0.15) is 0 Å². The second kappa shape index (κ2) is 8.41. The summed E-state index contributed by atoms with van der Waals surface area (Å²) in [4.78, 5) is 32.4. The Morgan fingerprint density at radius 2 is 1.90 bits per heavy atom. The Bertz CT molecular complexity index is 518. The third kappa shape index (κ3) is 6.81. The van der Waals surface area contributed by atoms with Crippen LogP contribution in [0.1, 0.15) is 15.9 Å². The summed E-state index contributed by atoms with van der Waals surface area (Å²) in [6.45, 7) is 0.512. The van der Waals surface area contributed by atoms with E-state index in [-0.39, 0.29) is 18.7 Å². The lowest BCUT2D eigenvalue weighted by atomic mass is 10.1. The van der Waals surface area contributed by atoms with Crippen molar-refractivity contribution in [2.45, 2.75) is 6.42 Å². The van der Waals surface area contributed by atoms with Gasteiger partial charge < -0.3 is 26.2 Å². The lowest BCUT2D eigenvalue weighted by molar-refractivity contribution is 0.0696. The standard InChI is InChI=1S/C13H17N3O5/c14-12(19)21-7-6-16-13(20)15-5-4-9-2-1-3-10(8-9)11(17)18/h1-3,8H,4-7H2,(H2,14,19)(H,17,18)(H2,15,16,20). The van der Waals surface area contributed by atoms with Crippen molar-refractivity contribution in [2.24, 2.45) is 5.73 Å². The number of nitrogens with two attached hydrogens (primary N) is 1. The molecule has 0 aliphatic rings. The Morgan fingerprint density at radius 3 is 2.57 bits per heavy atom. The van der Waals surface area contributed by atoms with E-state index in [9.17, 15) is 14.4 Å². The molecule has 0 spiro atoms. The molecule has 0 unspecified atom stereocenters. The van der Waals surface area contributed by atoms with Crippen molar-refractivity contribution < 1.29 is 24.2 Å². The number of urea groups is 1. The normalized spacial score (nSPS) is 9.71. The summed E-state index contributed by atoms with van der Waals surface area (Å²) in [6.07, 6.45) is -0.387. The molecule has 0 saturated carbocycles. The molecule has 0 heterocycles. The van der Waals surface area contributed by atoms with Gasteiger partial charge >= 0.3 is 18.1 Å². The average Bonchev–Trinajstić information content (AvgIpc) is 2.44. The monoisotopic (exact) mass is 295 g/mol. The summed E-state index contributed by atoms with van der Waals surface area (Å²) in [5.74, 6) is -0.989. The zero-order chi connectivity index (χ0) is 15.7. The van der Waals surface area contributed by atoms with Crippen LogP contribution in [0.4, 0.5) is 9.59 Å². The molecule has 0 radical (unpaired) electrons. The number of amides is 3. The van der Waals surface area contributed by atoms with E-state index in [1.165, 1.54) is 6.07 Å². The molecular weight excluding hydrogens is 278 g/mol. The highest BCUT2D eigenvalue weighted by molar-refractivity contribution is 5.87. The highest BCUT2D eigenvalue weighted by Gasteiger charge is 2.04. The van der Waals surface area contributed by atoms with Gasteiger partial charge in [0.2, 0.25) is 0 Å². The predicted molar refractivity (Wildman–Crippen MR) is 74.0 cm³/mol. The number of benzene rings is 1. The molecule has 0 fully saturated rings. The van der Waals surface area contributed by atoms with E-state index in [1.807, 2.05) is 0 Å². The molecule has 1 aromatic carbocycles. The molecule has 0 bridgehead atoms. The molecule has 8 heteroatoms. The second-order valence-electron chi connectivity index (χ2n) is 4.11. The highest BCUT2D eigenvalue weighted by atomic mass is 16.5. The molecule has 1 aromatic rings. The number of carboxylic acid groups (broad SMARTS) is 1. The molecule has 21 heavy (non-hydrogen) atoms. The summed E-state index contributed by atoms with van der Waals surface area (Å²) in [7, 11) is 0. The minimum atomic E-state index is -0.989. The molecule has 5 N–H and O–H groups in total. The van der Waals surface area contributed by atoms with Gasteiger partial charge in [-0.05, 0) is 24.1 Å². The zero-order valence-electron chi connectivity index (χ0n) is 11.3. The predicted octanol–water partition coefficient (Wildman–Crippen LogP) is 0.322. The number of ether oxygens (including phenoxy) is 1. The van der Waals surface area contributed by atoms with Crippen LogP contribution in [0.3, 0.4) is 0 Å². The number of nitrogens with one attached hydrogen (secondary N) is 2. The topological polar surface area (TPSA) is 131 Å². The molecule has 114 valence electrons. The van der Waals surface area contributed by atoms with E-state index in [0.717, 1.165) is 5.56 Å². The lowest BCUT2D eigenvalue weighted by Gasteiger charge is -2.08. The molecule has 0 aliphatic carbocycles. The van der Waals surface area contributed by atoms with Crippen LogP contribution in [-0.4, -0.2) is 42.9 Å². The zero-order valence-corrected chi connectivity index (χ0v) is 11.3. The first-order chi connectivity index (χ1) is 9.99. The Morgan fingerprint density at radius 1 is 1.19 bits per heavy atom. The molecular formula is C13H17N3O5. The van der Waals surface area contributed by atoms with Crippen LogP contribution in [0.5, 0.6) is 0 Å². The van der Waals surface area contributed by atoms with Gasteiger partial charge in [-0.25, -0.2) is 14.4 Å². The molecule has 0 saturated heterocycles. The van der Waals surface area contributed by atoms with Crippen LogP contribution in [0.15, 0.2) is 24.3 Å². The van der Waals surface area contributed by atoms with Crippen LogP contribution in [0, 0.1) is 0 Å². The second-order valence-corrected chi connectivity index (χ2v) is 4.11. The molecule has 0 aromatic heterocycles. The molecule has 8 nitrogen and oxygen atoms in total. The van der Waals surface area contributed by atoms with Crippen LogP contribution in [0.2, 0.25) is 0 Å². The van der Waals surface area contributed by atoms with E-state index in [0.29, 0.717) is 13.0 Å². The third-order valence-corrected chi connectivity index (χ3v) is 2.51. The maximum atomic E-state index is 11.4. The minimum Gasteiger partial charge on any atom is -0.478 e. The van der Waals surface area contributed by atoms with Gasteiger partial charge in [0.25, 0.3) is 0 Å². The van der Waals surface area contributed by atoms with E-state index in [1.54, 1.807) is 18.2 Å². The van der Waals surface area contributed by atoms with Gasteiger partial charge in [-0.3, -0.25) is 0 Å². The fourth-order valence-corrected chi connectivity index (χ4v) is 1.56. The fraction of sp³-hybridized carbons (Fsp3) is 0.308. The van der Waals surface area contributed by atoms with Crippen LogP contribution in [0.25, 0.3) is 0 Å². The summed E-state index contributed by atoms with van der Waals surface area (Å²) < 4.78 is 4.44. The number of carbonyl (C=O) groups is 3. The minimum absolute atomic E-state index is 0.00338. The average molecular weight is 295 g/mol. The van der Waals surface area contributed by atoms with Crippen molar-refractivity contribution in [3.05, 3.63) is 35.4 Å². The van der Waals surface area contributed by atoms with Crippen molar-refractivity contribution in [1.29, 1.82) is 0 Å². The Hall–Kier alpha value is -2.77. The highest BCUT2D eigenvalue weighted by Crippen LogP contribution is 2.05. The Kier molecular flexibility index (Phi) is 6.52. The van der Waals surface area contributed by atoms with E-state index >= 15 is 0 Å². The lowest BCUT2D eigenvalue weighted by Crippen LogP contribution is -2.38. The number of rotatable bonds is 7. The molecule has 1 rings (SSSR count). The number of hydrogen-bond acceptors (Lipinski definition) is 4. The molecule has 0 aliphatic heterocycles. The fourth-order valence-electron chi connectivity index (χ4n) is 1.56. The van der Waals surface area contributed by atoms with E-state index < -0.39 is 18.1 Å². The maximum absolute atomic E-state index is 11.4. The van der Waals surface area contributed by atoms with Crippen molar-refractivity contribution in [3.63, 3.8) is 0 Å². The Balaban J connectivity index is 2.23. The summed E-state index contributed by atoms with van der Waals surface area (Å²) in [6, 6.07) is 6.09. The number of carbonyl (C=O) groups excluding carboxylic acids is 2. The smallest absolute Gasteiger partial charge is 0.404 e. The van der Waals surface area contributed by atoms with Gasteiger partial charge in [0.15, 0.2) is 0 Å². The molecule has 3 amide bonds. The van der Waals surface area contributed by atoms with E-state index in [4.69, 9.17) is 10.8 Å². The number of aromatic carboxylic acids is 1. The quantitative estimate of drug-likeness (QED) is 0.538. The third-order valence-electron chi connectivity index (χ3n) is 2.51. The summed E-state index contributed by atoms with van der Waals surface area (Å²) in [5, 5.41) is 13.9. The van der Waals surface area contributed by atoms with Crippen LogP contribution in [-0.2, 0) is 11.2 Å². The van der Waals surface area contributed by atoms with Gasteiger partial charge in [0.1, 0.15) is 6.61 Å². The van der Waals surface area contributed by atoms with Crippen molar-refractivity contribution >= 4 is 18.1 Å². The maximum Gasteiger partial charge on any atom is 0.404 e. The van der Waals surface area contributed by atoms with Gasteiger partial charge in [0.05, 0.1) is 12.1 Å². The first-order valence-corrected chi connectivity index (χ1v) is 6.25. The molecule has 0 atom stereocenters. The van der Waals surface area contributed by atoms with Crippen molar-refractivity contribution in [2.75, 3.05) is 19.7 Å². The summed E-state index contributed by atoms with van der Waals surface area (Å²) >= 11 is 0. The number of hydrogen-bond donors (Lipinski definition) is 4. The van der Waals surface area contributed by atoms with Crippen LogP contribution >= 0.6 is 0 Å². The Labute approximate surface area is 121 Å². The van der Waals surface area contributed by atoms with Crippen molar-refractivity contribution in [3.8, 4) is 0 Å². The van der Waals surface area contributed by atoms with Gasteiger partial charge in [0, 0.05) is 6.54 Å². The van der Waals surface area contributed by atoms with Gasteiger partial charge in [-0.1, -0.05) is 12.1 Å². The SMILES string of the molecule is NC(=O)OCCNC(=O)NCCc1cccc(C(=O)O)c1. The summed E-state index contributed by atoms with van der Waals surface area (Å²) in [5.41, 5.74) is 5.78. The first-order valence-electron chi connectivity index (χ1n) is 6.25. The number of primary amides is 1. The van der Waals surface area contributed by atoms with Crippen molar-refractivity contribution in [1.82, 2.24) is 10.6 Å². The first kappa shape index (κ1) is 16.3. The van der Waals surface area contributed by atoms with E-state index in [2.05, 4.69) is 15.4 Å². The number of carboxylic acids is 1. The van der Waals surface area contributed by atoms with Crippen LogP contribution < -0.4 is 16.4 Å². The largest absolute Gasteiger partial charge is 0.478 e. The van der Waals surface area contributed by atoms with Gasteiger partial charge in [-0.15, -0.1) is 0 Å².